The van der Waals surface area contributed by atoms with Crippen molar-refractivity contribution >= 4 is 22.4 Å². The summed E-state index contributed by atoms with van der Waals surface area (Å²) < 4.78 is 26.9. The number of benzene rings is 2. The number of nitrogens with zero attached hydrogens (tertiary/aromatic N) is 2. The van der Waals surface area contributed by atoms with Gasteiger partial charge in [-0.15, -0.1) is 0 Å². The van der Waals surface area contributed by atoms with Crippen LogP contribution in [0, 0.1) is 18.6 Å². The molecule has 2 saturated heterocycles. The minimum atomic E-state index is -0.432. The Bertz CT molecular complexity index is 1220. The zero-order chi connectivity index (χ0) is 22.4. The summed E-state index contributed by atoms with van der Waals surface area (Å²) in [5, 5.41) is 1.04. The number of H-pyrrole nitrogens is 1. The Labute approximate surface area is 184 Å². The number of carbonyl (C=O) groups excluding carboxylic acids is 1. The summed E-state index contributed by atoms with van der Waals surface area (Å²) >= 11 is 0. The van der Waals surface area contributed by atoms with Crippen LogP contribution >= 0.6 is 0 Å². The van der Waals surface area contributed by atoms with Crippen molar-refractivity contribution in [2.75, 3.05) is 18.0 Å². The third kappa shape index (κ3) is 3.76. The van der Waals surface area contributed by atoms with E-state index in [1.807, 2.05) is 11.0 Å². The van der Waals surface area contributed by atoms with Crippen LogP contribution in [0.5, 0.6) is 0 Å². The van der Waals surface area contributed by atoms with E-state index >= 15 is 0 Å². The highest BCUT2D eigenvalue weighted by atomic mass is 19.1. The maximum atomic E-state index is 13.6. The smallest absolute Gasteiger partial charge is 0.256 e. The lowest BCUT2D eigenvalue weighted by Gasteiger charge is -2.42. The van der Waals surface area contributed by atoms with Gasteiger partial charge in [0.2, 0.25) is 5.91 Å². The molecule has 0 radical (unpaired) electrons. The molecular formula is C25H25F2N3O2. The Morgan fingerprint density at radius 1 is 1.00 bits per heavy atom. The molecule has 7 heteroatoms. The molecule has 1 aromatic heterocycles. The Morgan fingerprint density at radius 2 is 1.69 bits per heavy atom. The van der Waals surface area contributed by atoms with E-state index in [1.165, 1.54) is 24.3 Å². The van der Waals surface area contributed by atoms with Gasteiger partial charge in [-0.3, -0.25) is 9.59 Å². The van der Waals surface area contributed by atoms with Gasteiger partial charge in [0.15, 0.2) is 0 Å². The monoisotopic (exact) mass is 437 g/mol. The third-order valence-electron chi connectivity index (χ3n) is 6.76. The van der Waals surface area contributed by atoms with E-state index in [-0.39, 0.29) is 29.4 Å². The largest absolute Gasteiger partial charge is 0.367 e. The molecule has 5 nitrogen and oxygen atoms in total. The summed E-state index contributed by atoms with van der Waals surface area (Å²) in [5.74, 6) is -0.593. The van der Waals surface area contributed by atoms with Crippen molar-refractivity contribution in [2.24, 2.45) is 0 Å². The van der Waals surface area contributed by atoms with Crippen molar-refractivity contribution in [1.29, 1.82) is 0 Å². The van der Waals surface area contributed by atoms with Crippen molar-refractivity contribution in [2.45, 2.75) is 44.7 Å². The molecule has 0 aliphatic carbocycles. The average Bonchev–Trinajstić information content (AvgIpc) is 3.03. The molecule has 1 N–H and O–H groups in total. The molecule has 2 unspecified atom stereocenters. The number of hydrogen-bond donors (Lipinski definition) is 1. The van der Waals surface area contributed by atoms with Gasteiger partial charge in [0.05, 0.1) is 5.39 Å². The first-order valence-corrected chi connectivity index (χ1v) is 11.0. The average molecular weight is 437 g/mol. The van der Waals surface area contributed by atoms with Gasteiger partial charge in [0.25, 0.3) is 5.56 Å². The second-order valence-electron chi connectivity index (χ2n) is 8.88. The Balaban J connectivity index is 1.28. The van der Waals surface area contributed by atoms with Gasteiger partial charge < -0.3 is 14.8 Å². The standard InChI is InChI=1S/C25H25F2N3O2/c1-15-10-17(27)11-23-22(15)12-18(28-25(23)32)4-9-24(31)30-20-7-8-21(30)14-29(13-20)19-5-2-16(26)3-6-19/h2-3,5-6,10-12,20-21H,4,7-9,13-14H2,1H3,(H,28,32). The highest BCUT2D eigenvalue weighted by Gasteiger charge is 2.42. The van der Waals surface area contributed by atoms with Crippen LogP contribution in [0.4, 0.5) is 14.5 Å². The lowest BCUT2D eigenvalue weighted by atomic mass is 10.0. The number of amides is 1. The number of aryl methyl sites for hydroxylation is 2. The number of hydrogen-bond acceptors (Lipinski definition) is 3. The quantitative estimate of drug-likeness (QED) is 0.673. The van der Waals surface area contributed by atoms with Crippen LogP contribution in [-0.2, 0) is 11.2 Å². The number of carbonyl (C=O) groups is 1. The molecule has 1 amide bonds. The molecule has 2 aliphatic heterocycles. The van der Waals surface area contributed by atoms with E-state index in [0.717, 1.165) is 31.6 Å². The number of rotatable bonds is 4. The van der Waals surface area contributed by atoms with E-state index in [9.17, 15) is 18.4 Å². The summed E-state index contributed by atoms with van der Waals surface area (Å²) in [6.07, 6.45) is 2.67. The molecule has 2 atom stereocenters. The van der Waals surface area contributed by atoms with E-state index in [1.54, 1.807) is 19.1 Å². The topological polar surface area (TPSA) is 56.4 Å². The van der Waals surface area contributed by atoms with Gasteiger partial charge in [0, 0.05) is 43.0 Å². The Kier molecular flexibility index (Phi) is 5.19. The molecule has 3 aromatic rings. The summed E-state index contributed by atoms with van der Waals surface area (Å²) in [6, 6.07) is 11.3. The Hall–Kier alpha value is -3.22. The molecule has 32 heavy (non-hydrogen) atoms. The third-order valence-corrected chi connectivity index (χ3v) is 6.76. The van der Waals surface area contributed by atoms with Crippen LogP contribution in [0.3, 0.4) is 0 Å². The molecule has 166 valence electrons. The molecule has 3 heterocycles. The normalized spacial score (nSPS) is 20.2. The number of nitrogens with one attached hydrogen (secondary N) is 1. The van der Waals surface area contributed by atoms with Crippen molar-refractivity contribution in [1.82, 2.24) is 9.88 Å². The fraction of sp³-hybridized carbons (Fsp3) is 0.360. The second-order valence-corrected chi connectivity index (χ2v) is 8.88. The van der Waals surface area contributed by atoms with E-state index < -0.39 is 5.82 Å². The molecule has 2 bridgehead atoms. The molecule has 2 fully saturated rings. The molecule has 2 aromatic carbocycles. The molecule has 0 spiro atoms. The van der Waals surface area contributed by atoms with E-state index in [2.05, 4.69) is 9.88 Å². The lowest BCUT2D eigenvalue weighted by molar-refractivity contribution is -0.134. The summed E-state index contributed by atoms with van der Waals surface area (Å²) in [7, 11) is 0. The second kappa shape index (κ2) is 8.04. The number of aromatic nitrogens is 1. The number of aromatic amines is 1. The van der Waals surface area contributed by atoms with Gasteiger partial charge in [-0.1, -0.05) is 0 Å². The van der Waals surface area contributed by atoms with Crippen molar-refractivity contribution in [3.63, 3.8) is 0 Å². The minimum Gasteiger partial charge on any atom is -0.367 e. The lowest BCUT2D eigenvalue weighted by Crippen LogP contribution is -2.56. The van der Waals surface area contributed by atoms with Crippen LogP contribution in [0.2, 0.25) is 0 Å². The predicted molar refractivity (Wildman–Crippen MR) is 120 cm³/mol. The van der Waals surface area contributed by atoms with Gasteiger partial charge in [-0.2, -0.15) is 0 Å². The first kappa shape index (κ1) is 20.7. The molecule has 2 aliphatic rings. The molecule has 0 saturated carbocycles. The van der Waals surface area contributed by atoms with Gasteiger partial charge in [0.1, 0.15) is 11.6 Å². The number of halogens is 2. The van der Waals surface area contributed by atoms with Crippen molar-refractivity contribution < 1.29 is 13.6 Å². The zero-order valence-electron chi connectivity index (χ0n) is 17.9. The highest BCUT2D eigenvalue weighted by molar-refractivity contribution is 5.85. The van der Waals surface area contributed by atoms with Crippen molar-refractivity contribution in [3.8, 4) is 0 Å². The number of piperazine rings is 1. The van der Waals surface area contributed by atoms with E-state index in [0.29, 0.717) is 34.9 Å². The van der Waals surface area contributed by atoms with Gasteiger partial charge in [-0.25, -0.2) is 8.78 Å². The van der Waals surface area contributed by atoms with Crippen molar-refractivity contribution in [3.05, 3.63) is 75.7 Å². The van der Waals surface area contributed by atoms with Crippen LogP contribution in [-0.4, -0.2) is 41.0 Å². The van der Waals surface area contributed by atoms with Crippen LogP contribution < -0.4 is 10.5 Å². The predicted octanol–water partition coefficient (Wildman–Crippen LogP) is 3.93. The van der Waals surface area contributed by atoms with Crippen LogP contribution in [0.25, 0.3) is 10.8 Å². The minimum absolute atomic E-state index is 0.0908. The maximum Gasteiger partial charge on any atom is 0.256 e. The van der Waals surface area contributed by atoms with Crippen LogP contribution in [0.1, 0.15) is 30.5 Å². The fourth-order valence-corrected chi connectivity index (χ4v) is 5.24. The number of pyridine rings is 1. The number of anilines is 1. The molecular weight excluding hydrogens is 412 g/mol. The number of fused-ring (bicyclic) bond motifs is 3. The zero-order valence-corrected chi connectivity index (χ0v) is 17.9. The Morgan fingerprint density at radius 3 is 2.38 bits per heavy atom. The summed E-state index contributed by atoms with van der Waals surface area (Å²) in [5.41, 5.74) is 2.04. The molecule has 5 rings (SSSR count). The summed E-state index contributed by atoms with van der Waals surface area (Å²) in [6.45, 7) is 3.26. The fourth-order valence-electron chi connectivity index (χ4n) is 5.24. The van der Waals surface area contributed by atoms with Gasteiger partial charge >= 0.3 is 0 Å². The first-order valence-electron chi connectivity index (χ1n) is 11.0. The maximum absolute atomic E-state index is 13.6. The summed E-state index contributed by atoms with van der Waals surface area (Å²) in [4.78, 5) is 32.6. The van der Waals surface area contributed by atoms with E-state index in [4.69, 9.17) is 0 Å². The van der Waals surface area contributed by atoms with Gasteiger partial charge in [-0.05, 0) is 79.6 Å². The highest BCUT2D eigenvalue weighted by Crippen LogP contribution is 2.33. The first-order chi connectivity index (χ1) is 15.4. The SMILES string of the molecule is Cc1cc(F)cc2c(=O)[nH]c(CCC(=O)N3C4CCC3CN(c3ccc(F)cc3)C4)cc12. The van der Waals surface area contributed by atoms with Crippen LogP contribution in [0.15, 0.2) is 47.3 Å².